The number of aliphatic hydroxyl groups excluding tert-OH is 1. The predicted molar refractivity (Wildman–Crippen MR) is 49.3 cm³/mol. The van der Waals surface area contributed by atoms with Crippen LogP contribution in [0.15, 0.2) is 5.16 Å². The van der Waals surface area contributed by atoms with Gasteiger partial charge in [-0.05, 0) is 0 Å². The Bertz CT molecular complexity index is 300. The van der Waals surface area contributed by atoms with E-state index in [1.165, 1.54) is 0 Å². The molecule has 0 aliphatic carbocycles. The smallest absolute Gasteiger partial charge is 0.449 e. The van der Waals surface area contributed by atoms with Crippen molar-refractivity contribution in [3.63, 3.8) is 0 Å². The highest BCUT2D eigenvalue weighted by atomic mass is 19.4. The largest absolute Gasteiger partial charge is 0.490 e. The van der Waals surface area contributed by atoms with E-state index < -0.39 is 31.5 Å². The second-order valence-corrected chi connectivity index (χ2v) is 3.26. The van der Waals surface area contributed by atoms with Gasteiger partial charge in [-0.3, -0.25) is 0 Å². The molecule has 1 heterocycles. The number of carbonyl (C=O) groups is 1. The Hall–Kier alpha value is -1.35. The minimum absolute atomic E-state index is 0.429. The highest BCUT2D eigenvalue weighted by molar-refractivity contribution is 5.92. The Morgan fingerprint density at radius 3 is 2.59 bits per heavy atom. The molecule has 9 heteroatoms. The third-order valence-electron chi connectivity index (χ3n) is 1.82. The number of carbonyl (C=O) groups excluding carboxylic acids is 1. The summed E-state index contributed by atoms with van der Waals surface area (Å²) in [6.07, 6.45) is -6.47. The lowest BCUT2D eigenvalue weighted by molar-refractivity contribution is -0.208. The minimum Gasteiger partial charge on any atom is -0.449 e. The summed E-state index contributed by atoms with van der Waals surface area (Å²) in [7, 11) is 0. The Morgan fingerprint density at radius 2 is 2.18 bits per heavy atom. The fraction of sp³-hybridized carbons (Fsp3) is 0.750. The third kappa shape index (κ3) is 4.57. The number of ether oxygens (including phenoxy) is 1. The minimum atomic E-state index is -5.09. The summed E-state index contributed by atoms with van der Waals surface area (Å²) >= 11 is 0. The van der Waals surface area contributed by atoms with Gasteiger partial charge in [0.2, 0.25) is 0 Å². The van der Waals surface area contributed by atoms with E-state index in [1.54, 1.807) is 0 Å². The first-order valence-electron chi connectivity index (χ1n) is 4.70. The molecule has 1 rings (SSSR count). The maximum Gasteiger partial charge on any atom is 0.490 e. The summed E-state index contributed by atoms with van der Waals surface area (Å²) in [5.41, 5.74) is 0.698. The van der Waals surface area contributed by atoms with E-state index in [0.29, 0.717) is 18.8 Å². The van der Waals surface area contributed by atoms with Crippen LogP contribution in [0, 0.1) is 0 Å². The Labute approximate surface area is 94.4 Å². The van der Waals surface area contributed by atoms with Crippen LogP contribution >= 0.6 is 0 Å². The SMILES string of the molecule is O=C(O[C@@H](CO)CON=C1CNC1)C(F)(F)F. The van der Waals surface area contributed by atoms with Crippen molar-refractivity contribution in [2.75, 3.05) is 26.3 Å². The van der Waals surface area contributed by atoms with Crippen molar-refractivity contribution in [2.45, 2.75) is 12.3 Å². The van der Waals surface area contributed by atoms with Crippen molar-refractivity contribution in [1.29, 1.82) is 0 Å². The molecule has 98 valence electrons. The van der Waals surface area contributed by atoms with E-state index >= 15 is 0 Å². The number of hydrogen-bond donors (Lipinski definition) is 2. The topological polar surface area (TPSA) is 80.2 Å². The van der Waals surface area contributed by atoms with Crippen molar-refractivity contribution >= 4 is 11.7 Å². The van der Waals surface area contributed by atoms with Crippen LogP contribution in [0.5, 0.6) is 0 Å². The highest BCUT2D eigenvalue weighted by Gasteiger charge is 2.42. The number of aliphatic hydroxyl groups is 1. The van der Waals surface area contributed by atoms with Gasteiger partial charge in [0.15, 0.2) is 12.7 Å². The predicted octanol–water partition coefficient (Wildman–Crippen LogP) is -0.571. The molecule has 0 saturated carbocycles. The molecule has 1 aliphatic rings. The normalized spacial score (nSPS) is 17.1. The first kappa shape index (κ1) is 13.7. The van der Waals surface area contributed by atoms with Crippen molar-refractivity contribution in [1.82, 2.24) is 5.32 Å². The lowest BCUT2D eigenvalue weighted by Crippen LogP contribution is -2.43. The molecule has 0 aromatic heterocycles. The van der Waals surface area contributed by atoms with Gasteiger partial charge < -0.3 is 20.0 Å². The number of esters is 1. The van der Waals surface area contributed by atoms with Crippen molar-refractivity contribution in [2.24, 2.45) is 5.16 Å². The zero-order chi connectivity index (χ0) is 12.9. The lowest BCUT2D eigenvalue weighted by Gasteiger charge is -2.18. The summed E-state index contributed by atoms with van der Waals surface area (Å²) in [5, 5.41) is 15.1. The summed E-state index contributed by atoms with van der Waals surface area (Å²) in [6.45, 7) is -0.106. The molecular formula is C8H11F3N2O4. The van der Waals surface area contributed by atoms with Gasteiger partial charge in [0.25, 0.3) is 0 Å². The molecule has 6 nitrogen and oxygen atoms in total. The van der Waals surface area contributed by atoms with Gasteiger partial charge in [0, 0.05) is 13.1 Å². The van der Waals surface area contributed by atoms with E-state index in [-0.39, 0.29) is 0 Å². The fourth-order valence-electron chi connectivity index (χ4n) is 0.855. The van der Waals surface area contributed by atoms with Gasteiger partial charge in [-0.1, -0.05) is 5.16 Å². The van der Waals surface area contributed by atoms with Gasteiger partial charge in [0.1, 0.15) is 0 Å². The Morgan fingerprint density at radius 1 is 1.53 bits per heavy atom. The van der Waals surface area contributed by atoms with Crippen LogP contribution in [-0.2, 0) is 14.4 Å². The van der Waals surface area contributed by atoms with E-state index in [1.807, 2.05) is 0 Å². The third-order valence-corrected chi connectivity index (χ3v) is 1.82. The second-order valence-electron chi connectivity index (χ2n) is 3.26. The van der Waals surface area contributed by atoms with Gasteiger partial charge in [0.05, 0.1) is 12.3 Å². The highest BCUT2D eigenvalue weighted by Crippen LogP contribution is 2.17. The average Bonchev–Trinajstić information content (AvgIpc) is 2.18. The molecule has 1 fully saturated rings. The molecule has 1 atom stereocenters. The van der Waals surface area contributed by atoms with Crippen molar-refractivity contribution in [3.05, 3.63) is 0 Å². The molecule has 0 bridgehead atoms. The van der Waals surface area contributed by atoms with Crippen LogP contribution < -0.4 is 5.32 Å². The number of rotatable bonds is 5. The number of nitrogens with one attached hydrogen (secondary N) is 1. The maximum atomic E-state index is 11.8. The number of nitrogens with zero attached hydrogens (tertiary/aromatic N) is 1. The van der Waals surface area contributed by atoms with E-state index in [2.05, 4.69) is 20.0 Å². The number of halogens is 3. The molecule has 0 aromatic rings. The summed E-state index contributed by atoms with van der Waals surface area (Å²) in [5.74, 6) is -2.36. The van der Waals surface area contributed by atoms with Crippen LogP contribution in [0.25, 0.3) is 0 Å². The number of hydrogen-bond acceptors (Lipinski definition) is 6. The zero-order valence-corrected chi connectivity index (χ0v) is 8.66. The number of alkyl halides is 3. The quantitative estimate of drug-likeness (QED) is 0.508. The molecule has 2 N–H and O–H groups in total. The molecule has 1 aliphatic heterocycles. The molecule has 0 unspecified atom stereocenters. The molecule has 0 aromatic carbocycles. The van der Waals surface area contributed by atoms with Crippen molar-refractivity contribution in [3.8, 4) is 0 Å². The van der Waals surface area contributed by atoms with Crippen LogP contribution in [0.4, 0.5) is 13.2 Å². The van der Waals surface area contributed by atoms with Crippen molar-refractivity contribution < 1.29 is 32.6 Å². The van der Waals surface area contributed by atoms with Crippen LogP contribution in [0.3, 0.4) is 0 Å². The first-order valence-corrected chi connectivity index (χ1v) is 4.70. The summed E-state index contributed by atoms with van der Waals surface area (Å²) < 4.78 is 39.5. The molecular weight excluding hydrogens is 245 g/mol. The van der Waals surface area contributed by atoms with Gasteiger partial charge in [-0.2, -0.15) is 13.2 Å². The van der Waals surface area contributed by atoms with E-state index in [4.69, 9.17) is 5.11 Å². The maximum absolute atomic E-state index is 11.8. The lowest BCUT2D eigenvalue weighted by atomic mass is 10.2. The zero-order valence-electron chi connectivity index (χ0n) is 8.66. The first-order chi connectivity index (χ1) is 7.93. The monoisotopic (exact) mass is 256 g/mol. The van der Waals surface area contributed by atoms with E-state index in [9.17, 15) is 18.0 Å². The standard InChI is InChI=1S/C8H11F3N2O4/c9-8(10,11)7(15)17-6(3-14)4-16-13-5-1-12-2-5/h6,12,14H,1-4H2/t6-/m0/s1. The van der Waals surface area contributed by atoms with E-state index in [0.717, 1.165) is 0 Å². The fourth-order valence-corrected chi connectivity index (χ4v) is 0.855. The average molecular weight is 256 g/mol. The summed E-state index contributed by atoms with van der Waals surface area (Å²) in [6, 6.07) is 0. The Kier molecular flexibility index (Phi) is 4.70. The van der Waals surface area contributed by atoms with Crippen LogP contribution in [0.1, 0.15) is 0 Å². The molecule has 1 saturated heterocycles. The van der Waals surface area contributed by atoms with Gasteiger partial charge in [-0.25, -0.2) is 4.79 Å². The second kappa shape index (κ2) is 5.82. The van der Waals surface area contributed by atoms with Crippen LogP contribution in [-0.4, -0.2) is 55.4 Å². The number of oxime groups is 1. The van der Waals surface area contributed by atoms with Gasteiger partial charge in [-0.15, -0.1) is 0 Å². The Balaban J connectivity index is 2.30. The molecule has 0 amide bonds. The van der Waals surface area contributed by atoms with Crippen LogP contribution in [0.2, 0.25) is 0 Å². The molecule has 0 radical (unpaired) electrons. The van der Waals surface area contributed by atoms with Gasteiger partial charge >= 0.3 is 12.1 Å². The molecule has 17 heavy (non-hydrogen) atoms. The molecule has 0 spiro atoms. The summed E-state index contributed by atoms with van der Waals surface area (Å²) in [4.78, 5) is 15.1.